The first kappa shape index (κ1) is 29.0. The van der Waals surface area contributed by atoms with Crippen LogP contribution in [0.15, 0.2) is 49.1 Å². The van der Waals surface area contributed by atoms with Gasteiger partial charge in [0.25, 0.3) is 0 Å². The van der Waals surface area contributed by atoms with E-state index in [0.717, 1.165) is 42.8 Å². The van der Waals surface area contributed by atoms with E-state index < -0.39 is 27.8 Å². The Labute approximate surface area is 223 Å². The number of hydrogen-bond donors (Lipinski definition) is 0. The number of unbranched alkanes of at least 4 members (excludes halogenated alkanes) is 2. The van der Waals surface area contributed by atoms with Crippen molar-refractivity contribution in [3.05, 3.63) is 60.2 Å². The van der Waals surface area contributed by atoms with Crippen molar-refractivity contribution in [3.63, 3.8) is 0 Å². The minimum absolute atomic E-state index is 0.0924. The minimum Gasteiger partial charge on any atom is -0.543 e. The lowest BCUT2D eigenvalue weighted by Crippen LogP contribution is -2.65. The molecule has 0 amide bonds. The number of ether oxygens (including phenoxy) is 1. The zero-order chi connectivity index (χ0) is 26.8. The van der Waals surface area contributed by atoms with E-state index in [1.165, 1.54) is 36.0 Å². The summed E-state index contributed by atoms with van der Waals surface area (Å²) in [5.41, 5.74) is 3.00. The van der Waals surface area contributed by atoms with Crippen molar-refractivity contribution in [2.45, 2.75) is 122 Å². The molecule has 0 bridgehead atoms. The lowest BCUT2D eigenvalue weighted by atomic mass is 9.64. The summed E-state index contributed by atoms with van der Waals surface area (Å²) in [5.74, 6) is 2.07. The van der Waals surface area contributed by atoms with Crippen LogP contribution in [0.4, 0.5) is 0 Å². The molecule has 2 atom stereocenters. The Kier molecular flexibility index (Phi) is 8.90. The lowest BCUT2D eigenvalue weighted by molar-refractivity contribution is -0.132. The fraction of sp³-hybridized carbons (Fsp3) is 0.613. The van der Waals surface area contributed by atoms with Gasteiger partial charge in [-0.3, -0.25) is 0 Å². The molecule has 1 aliphatic carbocycles. The van der Waals surface area contributed by atoms with E-state index in [0.29, 0.717) is 0 Å². The number of allylic oxidation sites excluding steroid dienone is 3. The molecule has 200 valence electrons. The molecule has 0 saturated carbocycles. The lowest BCUT2D eigenvalue weighted by Gasteiger charge is -2.58. The van der Waals surface area contributed by atoms with Gasteiger partial charge < -0.3 is 13.6 Å². The summed E-state index contributed by atoms with van der Waals surface area (Å²) in [7, 11) is -4.02. The maximum atomic E-state index is 7.31. The largest absolute Gasteiger partial charge is 0.543 e. The Hall–Kier alpha value is -1.57. The van der Waals surface area contributed by atoms with E-state index in [-0.39, 0.29) is 5.92 Å². The van der Waals surface area contributed by atoms with Crippen molar-refractivity contribution < 1.29 is 13.6 Å². The van der Waals surface area contributed by atoms with Gasteiger partial charge in [-0.2, -0.15) is 0 Å². The van der Waals surface area contributed by atoms with Gasteiger partial charge in [-0.1, -0.05) is 43.6 Å². The van der Waals surface area contributed by atoms with Gasteiger partial charge in [-0.05, 0) is 102 Å². The molecule has 0 saturated heterocycles. The van der Waals surface area contributed by atoms with Gasteiger partial charge in [-0.15, -0.1) is 13.2 Å². The Morgan fingerprint density at radius 3 is 2.36 bits per heavy atom. The highest BCUT2D eigenvalue weighted by Gasteiger charge is 2.60. The van der Waals surface area contributed by atoms with Gasteiger partial charge in [0.15, 0.2) is 8.32 Å². The van der Waals surface area contributed by atoms with Crippen LogP contribution in [0.1, 0.15) is 76.8 Å². The molecule has 1 aromatic carbocycles. The van der Waals surface area contributed by atoms with E-state index >= 15 is 0 Å². The molecule has 0 aromatic heterocycles. The van der Waals surface area contributed by atoms with Crippen molar-refractivity contribution in [1.82, 2.24) is 0 Å². The van der Waals surface area contributed by atoms with Crippen LogP contribution >= 0.6 is 0 Å². The maximum absolute atomic E-state index is 7.31. The van der Waals surface area contributed by atoms with Crippen LogP contribution in [0.5, 0.6) is 11.5 Å². The summed E-state index contributed by atoms with van der Waals surface area (Å²) in [6.45, 7) is 26.2. The van der Waals surface area contributed by atoms with Gasteiger partial charge >= 0.3 is 0 Å². The van der Waals surface area contributed by atoms with Crippen LogP contribution < -0.4 is 9.16 Å². The summed E-state index contributed by atoms with van der Waals surface area (Å²) in [6.07, 6.45) is 13.1. The Balaban J connectivity index is 2.22. The first-order chi connectivity index (χ1) is 16.8. The van der Waals surface area contributed by atoms with Gasteiger partial charge in [0.05, 0.1) is 0 Å². The summed E-state index contributed by atoms with van der Waals surface area (Å²) in [4.78, 5) is 0. The molecule has 1 aliphatic heterocycles. The Bertz CT molecular complexity index is 992. The van der Waals surface area contributed by atoms with E-state index in [2.05, 4.69) is 85.2 Å². The van der Waals surface area contributed by atoms with Crippen LogP contribution in [0, 0.1) is 0 Å². The van der Waals surface area contributed by atoms with E-state index in [4.69, 9.17) is 13.6 Å². The monoisotopic (exact) mass is 526 g/mol. The third kappa shape index (κ3) is 6.11. The standard InChI is InChI=1S/C31H50O3Si2/c1-11-14-15-16-25-22-27-29(28(23-25)33-35(7,8)19-12-2)26-21-24(4)17-18-31(26,30(5,6)32-27)34-36(9,10)20-13-3/h12-13,21-23,26H,2-3,11,14-20H2,1,4-10H3/t26-,31+/m0/s1. The van der Waals surface area contributed by atoms with E-state index in [9.17, 15) is 0 Å². The van der Waals surface area contributed by atoms with Crippen LogP contribution in [-0.2, 0) is 10.8 Å². The summed E-state index contributed by atoms with van der Waals surface area (Å²) < 4.78 is 21.2. The minimum atomic E-state index is -2.02. The number of aryl methyl sites for hydroxylation is 1. The third-order valence-corrected chi connectivity index (χ3v) is 12.1. The topological polar surface area (TPSA) is 27.7 Å². The summed E-state index contributed by atoms with van der Waals surface area (Å²) in [6, 6.07) is 6.43. The van der Waals surface area contributed by atoms with Crippen molar-refractivity contribution in [3.8, 4) is 11.5 Å². The van der Waals surface area contributed by atoms with Crippen LogP contribution in [0.2, 0.25) is 38.3 Å². The normalized spacial score (nSPS) is 23.1. The van der Waals surface area contributed by atoms with Crippen molar-refractivity contribution in [1.29, 1.82) is 0 Å². The first-order valence-corrected chi connectivity index (χ1v) is 20.2. The molecule has 0 fully saturated rings. The molecule has 0 unspecified atom stereocenters. The molecular formula is C31H50O3Si2. The maximum Gasteiger partial charge on any atom is 0.248 e. The molecule has 3 nitrogen and oxygen atoms in total. The zero-order valence-electron chi connectivity index (χ0n) is 24.3. The number of fused-ring (bicyclic) bond motifs is 3. The third-order valence-electron chi connectivity index (χ3n) is 7.89. The fourth-order valence-electron chi connectivity index (χ4n) is 6.05. The van der Waals surface area contributed by atoms with E-state index in [1.807, 2.05) is 12.2 Å². The number of rotatable bonds is 12. The highest BCUT2D eigenvalue weighted by Crippen LogP contribution is 2.59. The average Bonchev–Trinajstić information content (AvgIpc) is 2.74. The Morgan fingerprint density at radius 1 is 1.06 bits per heavy atom. The van der Waals surface area contributed by atoms with Crippen LogP contribution in [0.25, 0.3) is 0 Å². The average molecular weight is 527 g/mol. The molecule has 1 heterocycles. The quantitative estimate of drug-likeness (QED) is 0.154. The molecule has 3 rings (SSSR count). The number of benzene rings is 1. The van der Waals surface area contributed by atoms with Crippen molar-refractivity contribution in [2.24, 2.45) is 0 Å². The molecular weight excluding hydrogens is 477 g/mol. The Morgan fingerprint density at radius 2 is 1.72 bits per heavy atom. The van der Waals surface area contributed by atoms with Gasteiger partial charge in [0.2, 0.25) is 8.32 Å². The molecule has 5 heteroatoms. The second kappa shape index (κ2) is 11.0. The molecule has 2 aliphatic rings. The zero-order valence-corrected chi connectivity index (χ0v) is 26.3. The summed E-state index contributed by atoms with van der Waals surface area (Å²) >= 11 is 0. The molecule has 1 aromatic rings. The highest BCUT2D eigenvalue weighted by molar-refractivity contribution is 6.72. The van der Waals surface area contributed by atoms with Gasteiger partial charge in [0, 0.05) is 11.5 Å². The van der Waals surface area contributed by atoms with E-state index in [1.54, 1.807) is 0 Å². The molecule has 0 spiro atoms. The van der Waals surface area contributed by atoms with Crippen molar-refractivity contribution >= 4 is 16.6 Å². The molecule has 36 heavy (non-hydrogen) atoms. The van der Waals surface area contributed by atoms with Gasteiger partial charge in [-0.25, -0.2) is 0 Å². The summed E-state index contributed by atoms with van der Waals surface area (Å²) in [5, 5.41) is 0. The SMILES string of the molecule is C=CC[Si](C)(C)Oc1cc(CCCCC)cc2c1[C@@H]1C=C(C)CC[C@]1(O[Si](C)(C)CC=C)C(C)(C)O2. The first-order valence-electron chi connectivity index (χ1n) is 13.9. The molecule has 0 N–H and O–H groups in total. The highest BCUT2D eigenvalue weighted by atomic mass is 28.4. The van der Waals surface area contributed by atoms with Gasteiger partial charge in [0.1, 0.15) is 22.7 Å². The molecule has 0 radical (unpaired) electrons. The fourth-order valence-corrected chi connectivity index (χ4v) is 9.84. The second-order valence-corrected chi connectivity index (χ2v) is 20.9. The predicted molar refractivity (Wildman–Crippen MR) is 160 cm³/mol. The number of hydrogen-bond acceptors (Lipinski definition) is 3. The van der Waals surface area contributed by atoms with Crippen LogP contribution in [0.3, 0.4) is 0 Å². The van der Waals surface area contributed by atoms with Crippen LogP contribution in [-0.4, -0.2) is 27.8 Å². The second-order valence-electron chi connectivity index (χ2n) is 12.7. The predicted octanol–water partition coefficient (Wildman–Crippen LogP) is 9.33. The van der Waals surface area contributed by atoms with Crippen molar-refractivity contribution in [2.75, 3.05) is 0 Å². The smallest absolute Gasteiger partial charge is 0.248 e.